The Balaban J connectivity index is 2.40. The zero-order valence-corrected chi connectivity index (χ0v) is 13.4. The van der Waals surface area contributed by atoms with Gasteiger partial charge in [-0.05, 0) is 30.4 Å². The van der Waals surface area contributed by atoms with Crippen molar-refractivity contribution in [3.8, 4) is 0 Å². The molecule has 110 valence electrons. The molecule has 0 aliphatic heterocycles. The first-order valence-corrected chi connectivity index (χ1v) is 7.37. The van der Waals surface area contributed by atoms with E-state index in [-0.39, 0.29) is 5.41 Å². The Bertz CT molecular complexity index is 592. The average Bonchev–Trinajstić information content (AvgIpc) is 2.76. The first-order chi connectivity index (χ1) is 9.48. The molecular formula is C15H22ClN3O. The molecular weight excluding hydrogens is 274 g/mol. The molecule has 0 bridgehead atoms. The third-order valence-corrected chi connectivity index (χ3v) is 3.84. The molecule has 0 aromatic carbocycles. The first-order valence-electron chi connectivity index (χ1n) is 6.84. The number of hydrogen-bond donors (Lipinski definition) is 0. The van der Waals surface area contributed by atoms with Crippen molar-refractivity contribution >= 4 is 22.8 Å². The Labute approximate surface area is 125 Å². The highest BCUT2D eigenvalue weighted by molar-refractivity contribution is 6.16. The lowest BCUT2D eigenvalue weighted by atomic mass is 9.89. The van der Waals surface area contributed by atoms with E-state index < -0.39 is 0 Å². The topological polar surface area (TPSA) is 39.9 Å². The van der Waals surface area contributed by atoms with Crippen LogP contribution < -0.4 is 0 Å². The summed E-state index contributed by atoms with van der Waals surface area (Å²) in [5, 5.41) is 0. The van der Waals surface area contributed by atoms with Gasteiger partial charge in [-0.1, -0.05) is 13.8 Å². The van der Waals surface area contributed by atoms with E-state index in [0.29, 0.717) is 5.88 Å². The maximum atomic E-state index is 6.05. The minimum absolute atomic E-state index is 0.107. The molecule has 5 heteroatoms. The largest absolute Gasteiger partial charge is 0.385 e. The highest BCUT2D eigenvalue weighted by atomic mass is 35.5. The second kappa shape index (κ2) is 6.10. The van der Waals surface area contributed by atoms with Gasteiger partial charge >= 0.3 is 0 Å². The Kier molecular flexibility index (Phi) is 4.66. The number of halogens is 1. The molecule has 2 heterocycles. The van der Waals surface area contributed by atoms with Crippen molar-refractivity contribution in [2.45, 2.75) is 39.6 Å². The molecule has 0 fully saturated rings. The fourth-order valence-corrected chi connectivity index (χ4v) is 2.54. The van der Waals surface area contributed by atoms with Crippen LogP contribution in [0.2, 0.25) is 0 Å². The van der Waals surface area contributed by atoms with E-state index in [1.54, 1.807) is 7.11 Å². The molecule has 0 N–H and O–H groups in total. The zero-order chi connectivity index (χ0) is 14.8. The van der Waals surface area contributed by atoms with E-state index in [0.717, 1.165) is 42.1 Å². The summed E-state index contributed by atoms with van der Waals surface area (Å²) in [4.78, 5) is 9.12. The Morgan fingerprint density at radius 3 is 2.80 bits per heavy atom. The number of aryl methyl sites for hydroxylation is 1. The standard InChI is InChI=1S/C15H22ClN3O/c1-11-5-7-17-14-13(11)18-12(9-16)19(14)10-15(2,3)6-8-20-4/h5,7H,6,8-10H2,1-4H3. The van der Waals surface area contributed by atoms with Crippen LogP contribution in [0, 0.1) is 12.3 Å². The third kappa shape index (κ3) is 3.13. The maximum Gasteiger partial charge on any atom is 0.160 e. The van der Waals surface area contributed by atoms with Crippen LogP contribution in [0.4, 0.5) is 0 Å². The van der Waals surface area contributed by atoms with Crippen molar-refractivity contribution < 1.29 is 4.74 Å². The predicted octanol–water partition coefficient (Wildman–Crippen LogP) is 3.54. The number of pyridine rings is 1. The highest BCUT2D eigenvalue weighted by Gasteiger charge is 2.22. The molecule has 0 saturated carbocycles. The molecule has 0 radical (unpaired) electrons. The van der Waals surface area contributed by atoms with E-state index in [4.69, 9.17) is 16.3 Å². The molecule has 0 spiro atoms. The number of imidazole rings is 1. The van der Waals surface area contributed by atoms with E-state index in [2.05, 4.69) is 35.3 Å². The smallest absolute Gasteiger partial charge is 0.160 e. The lowest BCUT2D eigenvalue weighted by Gasteiger charge is -2.25. The van der Waals surface area contributed by atoms with Crippen LogP contribution in [0.5, 0.6) is 0 Å². The number of alkyl halides is 1. The Morgan fingerprint density at radius 1 is 1.40 bits per heavy atom. The van der Waals surface area contributed by atoms with E-state index >= 15 is 0 Å². The third-order valence-electron chi connectivity index (χ3n) is 3.60. The SMILES string of the molecule is COCCC(C)(C)Cn1c(CCl)nc2c(C)ccnc21. The second-order valence-electron chi connectivity index (χ2n) is 5.95. The average molecular weight is 296 g/mol. The van der Waals surface area contributed by atoms with Crippen molar-refractivity contribution in [2.24, 2.45) is 5.41 Å². The zero-order valence-electron chi connectivity index (χ0n) is 12.6. The van der Waals surface area contributed by atoms with Crippen molar-refractivity contribution in [3.05, 3.63) is 23.7 Å². The quantitative estimate of drug-likeness (QED) is 0.765. The van der Waals surface area contributed by atoms with Crippen molar-refractivity contribution in [1.29, 1.82) is 0 Å². The van der Waals surface area contributed by atoms with Gasteiger partial charge in [0.1, 0.15) is 11.3 Å². The molecule has 0 saturated heterocycles. The van der Waals surface area contributed by atoms with Gasteiger partial charge in [0.05, 0.1) is 5.88 Å². The van der Waals surface area contributed by atoms with E-state index in [1.807, 2.05) is 12.3 Å². The number of ether oxygens (including phenoxy) is 1. The van der Waals surface area contributed by atoms with Crippen LogP contribution in [0.3, 0.4) is 0 Å². The van der Waals surface area contributed by atoms with Crippen LogP contribution in [-0.4, -0.2) is 28.3 Å². The van der Waals surface area contributed by atoms with Gasteiger partial charge in [-0.3, -0.25) is 0 Å². The van der Waals surface area contributed by atoms with Gasteiger partial charge in [0.25, 0.3) is 0 Å². The summed E-state index contributed by atoms with van der Waals surface area (Å²) < 4.78 is 7.34. The second-order valence-corrected chi connectivity index (χ2v) is 6.22. The monoisotopic (exact) mass is 295 g/mol. The fraction of sp³-hybridized carbons (Fsp3) is 0.600. The molecule has 0 atom stereocenters. The summed E-state index contributed by atoms with van der Waals surface area (Å²) in [6.45, 7) is 8.10. The predicted molar refractivity (Wildman–Crippen MR) is 82.1 cm³/mol. The summed E-state index contributed by atoms with van der Waals surface area (Å²) >= 11 is 6.05. The fourth-order valence-electron chi connectivity index (χ4n) is 2.34. The summed E-state index contributed by atoms with van der Waals surface area (Å²) in [6.07, 6.45) is 2.81. The van der Waals surface area contributed by atoms with Gasteiger partial charge < -0.3 is 9.30 Å². The van der Waals surface area contributed by atoms with Gasteiger partial charge in [0, 0.05) is 26.5 Å². The number of rotatable bonds is 6. The maximum absolute atomic E-state index is 6.05. The molecule has 0 aliphatic rings. The van der Waals surface area contributed by atoms with Gasteiger partial charge in [0.2, 0.25) is 0 Å². The minimum atomic E-state index is 0.107. The van der Waals surface area contributed by atoms with Crippen LogP contribution in [0.15, 0.2) is 12.3 Å². The summed E-state index contributed by atoms with van der Waals surface area (Å²) in [5.41, 5.74) is 3.11. The van der Waals surface area contributed by atoms with Gasteiger partial charge in [-0.2, -0.15) is 0 Å². The van der Waals surface area contributed by atoms with Crippen LogP contribution >= 0.6 is 11.6 Å². The molecule has 2 aromatic heterocycles. The minimum Gasteiger partial charge on any atom is -0.385 e. The van der Waals surface area contributed by atoms with Gasteiger partial charge in [-0.15, -0.1) is 11.6 Å². The molecule has 0 unspecified atom stereocenters. The van der Waals surface area contributed by atoms with Crippen molar-refractivity contribution in [3.63, 3.8) is 0 Å². The molecule has 2 rings (SSSR count). The van der Waals surface area contributed by atoms with Crippen LogP contribution in [-0.2, 0) is 17.2 Å². The molecule has 0 aliphatic carbocycles. The normalized spacial score (nSPS) is 12.2. The molecule has 2 aromatic rings. The highest BCUT2D eigenvalue weighted by Crippen LogP contribution is 2.27. The number of fused-ring (bicyclic) bond motifs is 1. The number of methoxy groups -OCH3 is 1. The summed E-state index contributed by atoms with van der Waals surface area (Å²) in [7, 11) is 1.73. The molecule has 0 amide bonds. The van der Waals surface area contributed by atoms with E-state index in [1.165, 1.54) is 0 Å². The van der Waals surface area contributed by atoms with Crippen LogP contribution in [0.25, 0.3) is 11.2 Å². The first kappa shape index (κ1) is 15.3. The van der Waals surface area contributed by atoms with Gasteiger partial charge in [-0.25, -0.2) is 9.97 Å². The van der Waals surface area contributed by atoms with Crippen LogP contribution in [0.1, 0.15) is 31.7 Å². The van der Waals surface area contributed by atoms with Gasteiger partial charge in [0.15, 0.2) is 5.65 Å². The molecule has 20 heavy (non-hydrogen) atoms. The number of hydrogen-bond acceptors (Lipinski definition) is 3. The van der Waals surface area contributed by atoms with Crippen molar-refractivity contribution in [2.75, 3.05) is 13.7 Å². The van der Waals surface area contributed by atoms with Crippen molar-refractivity contribution in [1.82, 2.24) is 14.5 Å². The number of aromatic nitrogens is 3. The Morgan fingerprint density at radius 2 is 2.15 bits per heavy atom. The Hall–Kier alpha value is -1.13. The summed E-state index contributed by atoms with van der Waals surface area (Å²) in [6, 6.07) is 1.98. The summed E-state index contributed by atoms with van der Waals surface area (Å²) in [5.74, 6) is 1.28. The number of nitrogens with zero attached hydrogens (tertiary/aromatic N) is 3. The molecule has 4 nitrogen and oxygen atoms in total. The van der Waals surface area contributed by atoms with E-state index in [9.17, 15) is 0 Å². The lowest BCUT2D eigenvalue weighted by molar-refractivity contribution is 0.142. The lowest BCUT2D eigenvalue weighted by Crippen LogP contribution is -2.22.